The van der Waals surface area contributed by atoms with Crippen LogP contribution in [0, 0.1) is 6.92 Å². The van der Waals surface area contributed by atoms with Crippen molar-refractivity contribution in [3.8, 4) is 0 Å². The van der Waals surface area contributed by atoms with Crippen LogP contribution in [0.5, 0.6) is 0 Å². The predicted octanol–water partition coefficient (Wildman–Crippen LogP) is 3.23. The van der Waals surface area contributed by atoms with Crippen molar-refractivity contribution in [1.82, 2.24) is 10.2 Å². The summed E-state index contributed by atoms with van der Waals surface area (Å²) in [6.45, 7) is 2.00. The molecule has 3 nitrogen and oxygen atoms in total. The molecule has 0 bridgehead atoms. The Bertz CT molecular complexity index is 470. The molecule has 6 heteroatoms. The Balaban J connectivity index is 2.33. The van der Waals surface area contributed by atoms with Crippen molar-refractivity contribution in [1.29, 1.82) is 0 Å². The highest BCUT2D eigenvalue weighted by atomic mass is 35.5. The first-order valence-corrected chi connectivity index (χ1v) is 6.24. The van der Waals surface area contributed by atoms with E-state index in [4.69, 9.17) is 17.3 Å². The monoisotopic (exact) mass is 257 g/mol. The molecule has 0 radical (unpaired) electrons. The van der Waals surface area contributed by atoms with Gasteiger partial charge in [0.05, 0.1) is 10.7 Å². The first kappa shape index (κ1) is 10.7. The quantitative estimate of drug-likeness (QED) is 0.840. The van der Waals surface area contributed by atoms with Gasteiger partial charge in [0.2, 0.25) is 0 Å². The van der Waals surface area contributed by atoms with Crippen molar-refractivity contribution in [2.45, 2.75) is 16.2 Å². The lowest BCUT2D eigenvalue weighted by molar-refractivity contribution is 1.01. The van der Waals surface area contributed by atoms with Crippen LogP contribution in [-0.4, -0.2) is 10.2 Å². The van der Waals surface area contributed by atoms with Gasteiger partial charge in [-0.3, -0.25) is 0 Å². The number of rotatable bonds is 2. The lowest BCUT2D eigenvalue weighted by Crippen LogP contribution is -1.89. The number of halogens is 1. The topological polar surface area (TPSA) is 51.8 Å². The summed E-state index contributed by atoms with van der Waals surface area (Å²) in [5.41, 5.74) is 9.10. The molecule has 2 aromatic rings. The first-order chi connectivity index (χ1) is 7.16. The number of anilines is 1. The molecule has 1 aromatic carbocycles. The van der Waals surface area contributed by atoms with Gasteiger partial charge in [-0.15, -0.1) is 10.2 Å². The number of nitrogens with zero attached hydrogens (tertiary/aromatic N) is 2. The number of hydrogen-bond acceptors (Lipinski definition) is 5. The van der Waals surface area contributed by atoms with Gasteiger partial charge < -0.3 is 5.73 Å². The van der Waals surface area contributed by atoms with Gasteiger partial charge in [0.25, 0.3) is 0 Å². The molecule has 1 aromatic heterocycles. The number of aryl methyl sites for hydroxylation is 1. The molecule has 0 fully saturated rings. The van der Waals surface area contributed by atoms with Crippen LogP contribution in [0.25, 0.3) is 0 Å². The van der Waals surface area contributed by atoms with Crippen molar-refractivity contribution < 1.29 is 0 Å². The smallest absolute Gasteiger partial charge is 0.178 e. The van der Waals surface area contributed by atoms with Crippen LogP contribution in [0.15, 0.2) is 26.9 Å². The van der Waals surface area contributed by atoms with Crippen molar-refractivity contribution in [2.24, 2.45) is 0 Å². The zero-order chi connectivity index (χ0) is 10.8. The Morgan fingerprint density at radius 3 is 2.93 bits per heavy atom. The van der Waals surface area contributed by atoms with E-state index < -0.39 is 0 Å². The maximum absolute atomic E-state index is 5.96. The summed E-state index contributed by atoms with van der Waals surface area (Å²) in [7, 11) is 0. The van der Waals surface area contributed by atoms with Crippen molar-refractivity contribution >= 4 is 40.4 Å². The van der Waals surface area contributed by atoms with E-state index in [1.54, 1.807) is 17.3 Å². The number of nitrogen functional groups attached to an aromatic ring is 1. The van der Waals surface area contributed by atoms with Gasteiger partial charge in [0.1, 0.15) is 5.51 Å². The maximum atomic E-state index is 5.96. The van der Waals surface area contributed by atoms with Gasteiger partial charge >= 0.3 is 0 Å². The van der Waals surface area contributed by atoms with E-state index >= 15 is 0 Å². The van der Waals surface area contributed by atoms with E-state index in [0.717, 1.165) is 14.8 Å². The molecule has 0 aliphatic carbocycles. The average molecular weight is 258 g/mol. The molecule has 0 saturated heterocycles. The van der Waals surface area contributed by atoms with Crippen LogP contribution in [0.1, 0.15) is 5.56 Å². The van der Waals surface area contributed by atoms with Crippen molar-refractivity contribution in [3.05, 3.63) is 28.2 Å². The molecular weight excluding hydrogens is 250 g/mol. The van der Waals surface area contributed by atoms with E-state index in [1.165, 1.54) is 11.3 Å². The molecule has 2 rings (SSSR count). The van der Waals surface area contributed by atoms with Gasteiger partial charge in [0, 0.05) is 4.90 Å². The number of benzene rings is 1. The standard InChI is InChI=1S/C9H8ClN3S2/c1-5-2-7(11)6(10)3-8(5)15-9-13-12-4-14-9/h2-4H,11H2,1H3. The molecule has 0 saturated carbocycles. The molecule has 0 amide bonds. The average Bonchev–Trinajstić information content (AvgIpc) is 2.67. The van der Waals surface area contributed by atoms with Crippen LogP contribution in [0.4, 0.5) is 5.69 Å². The van der Waals surface area contributed by atoms with Crippen LogP contribution >= 0.6 is 34.7 Å². The summed E-state index contributed by atoms with van der Waals surface area (Å²) in [6.07, 6.45) is 0. The Labute approximate surface area is 101 Å². The van der Waals surface area contributed by atoms with Crippen molar-refractivity contribution in [2.75, 3.05) is 5.73 Å². The van der Waals surface area contributed by atoms with E-state index in [2.05, 4.69) is 10.2 Å². The minimum absolute atomic E-state index is 0.576. The highest BCUT2D eigenvalue weighted by Crippen LogP contribution is 2.34. The van der Waals surface area contributed by atoms with Gasteiger partial charge in [0.15, 0.2) is 4.34 Å². The highest BCUT2D eigenvalue weighted by Gasteiger charge is 2.07. The lowest BCUT2D eigenvalue weighted by atomic mass is 10.2. The minimum atomic E-state index is 0.576. The van der Waals surface area contributed by atoms with Crippen LogP contribution < -0.4 is 5.73 Å². The molecule has 15 heavy (non-hydrogen) atoms. The summed E-state index contributed by atoms with van der Waals surface area (Å²) in [4.78, 5) is 1.06. The zero-order valence-electron chi connectivity index (χ0n) is 7.90. The molecular formula is C9H8ClN3S2. The van der Waals surface area contributed by atoms with E-state index in [1.807, 2.05) is 19.1 Å². The molecule has 1 heterocycles. The van der Waals surface area contributed by atoms with E-state index in [9.17, 15) is 0 Å². The number of aromatic nitrogens is 2. The fourth-order valence-electron chi connectivity index (χ4n) is 1.10. The van der Waals surface area contributed by atoms with E-state index in [-0.39, 0.29) is 0 Å². The van der Waals surface area contributed by atoms with Crippen molar-refractivity contribution in [3.63, 3.8) is 0 Å². The van der Waals surface area contributed by atoms with Crippen LogP contribution in [-0.2, 0) is 0 Å². The third-order valence-electron chi connectivity index (χ3n) is 1.83. The SMILES string of the molecule is Cc1cc(N)c(Cl)cc1Sc1nncs1. The molecule has 0 aliphatic heterocycles. The second-order valence-electron chi connectivity index (χ2n) is 2.95. The summed E-state index contributed by atoms with van der Waals surface area (Å²) in [5, 5.41) is 8.32. The Morgan fingerprint density at radius 1 is 1.47 bits per heavy atom. The molecule has 0 atom stereocenters. The largest absolute Gasteiger partial charge is 0.398 e. The molecule has 0 spiro atoms. The molecule has 78 valence electrons. The normalized spacial score (nSPS) is 10.5. The summed E-state index contributed by atoms with van der Waals surface area (Å²) in [6, 6.07) is 3.73. The second kappa shape index (κ2) is 4.38. The highest BCUT2D eigenvalue weighted by molar-refractivity contribution is 8.01. The maximum Gasteiger partial charge on any atom is 0.178 e. The van der Waals surface area contributed by atoms with Crippen LogP contribution in [0.3, 0.4) is 0 Å². The van der Waals surface area contributed by atoms with Crippen LogP contribution in [0.2, 0.25) is 5.02 Å². The Hall–Kier alpha value is -0.780. The number of hydrogen-bond donors (Lipinski definition) is 1. The lowest BCUT2D eigenvalue weighted by Gasteiger charge is -2.05. The van der Waals surface area contributed by atoms with Gasteiger partial charge in [-0.05, 0) is 24.6 Å². The summed E-state index contributed by atoms with van der Waals surface area (Å²) >= 11 is 9.01. The Kier molecular flexibility index (Phi) is 3.14. The molecule has 2 N–H and O–H groups in total. The third kappa shape index (κ3) is 2.42. The van der Waals surface area contributed by atoms with Gasteiger partial charge in [-0.1, -0.05) is 34.7 Å². The minimum Gasteiger partial charge on any atom is -0.398 e. The van der Waals surface area contributed by atoms with E-state index in [0.29, 0.717) is 10.7 Å². The summed E-state index contributed by atoms with van der Waals surface area (Å²) in [5.74, 6) is 0. The molecule has 0 unspecified atom stereocenters. The molecule has 0 aliphatic rings. The third-order valence-corrected chi connectivity index (χ3v) is 4.10. The Morgan fingerprint density at radius 2 is 2.27 bits per heavy atom. The fourth-order valence-corrected chi connectivity index (χ4v) is 2.87. The fraction of sp³-hybridized carbons (Fsp3) is 0.111. The zero-order valence-corrected chi connectivity index (χ0v) is 10.3. The number of nitrogens with two attached hydrogens (primary N) is 1. The predicted molar refractivity (Wildman–Crippen MR) is 64.6 cm³/mol. The van der Waals surface area contributed by atoms with Gasteiger partial charge in [-0.2, -0.15) is 0 Å². The summed E-state index contributed by atoms with van der Waals surface area (Å²) < 4.78 is 0.902. The second-order valence-corrected chi connectivity index (χ2v) is 5.48. The van der Waals surface area contributed by atoms with Gasteiger partial charge in [-0.25, -0.2) is 0 Å². The first-order valence-electron chi connectivity index (χ1n) is 4.16.